The van der Waals surface area contributed by atoms with Gasteiger partial charge in [0.15, 0.2) is 5.75 Å². The van der Waals surface area contributed by atoms with E-state index >= 15 is 0 Å². The molecule has 324 valence electrons. The van der Waals surface area contributed by atoms with Crippen LogP contribution in [-0.2, 0) is 34.4 Å². The zero-order valence-electron chi connectivity index (χ0n) is 35.0. The van der Waals surface area contributed by atoms with Crippen molar-refractivity contribution in [2.75, 3.05) is 81.2 Å². The van der Waals surface area contributed by atoms with Gasteiger partial charge < -0.3 is 49.7 Å². The molecule has 17 nitrogen and oxygen atoms in total. The minimum Gasteiger partial charge on any atom is -0.497 e. The number of nitrogens with one attached hydrogen (secondary N) is 5. The van der Waals surface area contributed by atoms with Crippen molar-refractivity contribution in [1.29, 1.82) is 0 Å². The van der Waals surface area contributed by atoms with Gasteiger partial charge in [-0.2, -0.15) is 0 Å². The Balaban J connectivity index is 1.27. The normalized spacial score (nSPS) is 11.3. The van der Waals surface area contributed by atoms with E-state index in [4.69, 9.17) is 23.7 Å². The maximum Gasteiger partial charge on any atom is 0.331 e. The first-order chi connectivity index (χ1) is 29.1. The fourth-order valence-electron chi connectivity index (χ4n) is 5.91. The molecule has 0 fully saturated rings. The minimum atomic E-state index is -3.66. The zero-order valence-corrected chi connectivity index (χ0v) is 35.8. The van der Waals surface area contributed by atoms with E-state index in [1.165, 1.54) is 21.3 Å². The molecule has 0 saturated heterocycles. The standard InChI is InChI=1S/C43H50N6O11S/c1-43(2,3)28-22-35(40(57-6)36(23-28)49-61(7,53)54)48-42(52)47-34-12-13-37(33-11-9-8-10-32(33)34)60-30-14-15-44-38(25-30)46-29-20-27(21-31(24-29)55-4)41(51)45-16-17-58-18-19-59-26-39(50)56-5/h8-15,20-25,49H,16-19,26H2,1-7H3,(H,44,46)(H,45,51)(H2,47,48,52). The fraction of sp³-hybridized carbons (Fsp3) is 0.302. The largest absolute Gasteiger partial charge is 0.497 e. The topological polar surface area (TPSA) is 214 Å². The van der Waals surface area contributed by atoms with Gasteiger partial charge in [0.1, 0.15) is 29.7 Å². The number of amides is 3. The molecule has 1 aromatic heterocycles. The first-order valence-electron chi connectivity index (χ1n) is 19.0. The second-order valence-corrected chi connectivity index (χ2v) is 16.3. The first-order valence-corrected chi connectivity index (χ1v) is 20.9. The second-order valence-electron chi connectivity index (χ2n) is 14.5. The van der Waals surface area contributed by atoms with Gasteiger partial charge >= 0.3 is 12.0 Å². The lowest BCUT2D eigenvalue weighted by Crippen LogP contribution is -2.27. The van der Waals surface area contributed by atoms with Gasteiger partial charge in [-0.1, -0.05) is 45.0 Å². The van der Waals surface area contributed by atoms with E-state index in [0.717, 1.165) is 11.8 Å². The van der Waals surface area contributed by atoms with E-state index in [1.807, 2.05) is 45.0 Å². The summed E-state index contributed by atoms with van der Waals surface area (Å²) >= 11 is 0. The summed E-state index contributed by atoms with van der Waals surface area (Å²) in [5, 5.41) is 13.1. The number of benzene rings is 4. The van der Waals surface area contributed by atoms with Crippen LogP contribution in [-0.4, -0.2) is 91.9 Å². The molecule has 0 bridgehead atoms. The van der Waals surface area contributed by atoms with Crippen LogP contribution in [0, 0.1) is 0 Å². The molecule has 0 aliphatic carbocycles. The summed E-state index contributed by atoms with van der Waals surface area (Å²) in [5.41, 5.74) is 2.23. The molecule has 0 aliphatic heterocycles. The number of ether oxygens (including phenoxy) is 6. The highest BCUT2D eigenvalue weighted by atomic mass is 32.2. The Morgan fingerprint density at radius 2 is 1.48 bits per heavy atom. The molecule has 0 saturated carbocycles. The van der Waals surface area contributed by atoms with Crippen LogP contribution in [0.15, 0.2) is 85.1 Å². The average molecular weight is 859 g/mol. The Bertz CT molecular complexity index is 2470. The van der Waals surface area contributed by atoms with E-state index in [1.54, 1.807) is 60.8 Å². The number of rotatable bonds is 19. The quantitative estimate of drug-likeness (QED) is 0.0417. The Kier molecular flexibility index (Phi) is 15.3. The number of hydrogen-bond acceptors (Lipinski definition) is 13. The third-order valence-electron chi connectivity index (χ3n) is 8.82. The van der Waals surface area contributed by atoms with Crippen molar-refractivity contribution in [1.82, 2.24) is 10.3 Å². The van der Waals surface area contributed by atoms with Crippen molar-refractivity contribution < 1.29 is 51.2 Å². The van der Waals surface area contributed by atoms with E-state index in [9.17, 15) is 22.8 Å². The molecule has 0 aliphatic rings. The molecule has 0 spiro atoms. The van der Waals surface area contributed by atoms with Crippen LogP contribution in [0.5, 0.6) is 23.0 Å². The highest BCUT2D eigenvalue weighted by Gasteiger charge is 2.23. The Hall–Kier alpha value is -6.63. The van der Waals surface area contributed by atoms with Crippen molar-refractivity contribution in [3.63, 3.8) is 0 Å². The van der Waals surface area contributed by atoms with E-state index in [2.05, 4.69) is 35.7 Å². The van der Waals surface area contributed by atoms with E-state index in [0.29, 0.717) is 50.8 Å². The fourth-order valence-corrected chi connectivity index (χ4v) is 6.46. The number of nitrogens with zero attached hydrogens (tertiary/aromatic N) is 1. The smallest absolute Gasteiger partial charge is 0.331 e. The summed E-state index contributed by atoms with van der Waals surface area (Å²) in [7, 11) is 0.518. The summed E-state index contributed by atoms with van der Waals surface area (Å²) in [4.78, 5) is 42.1. The van der Waals surface area contributed by atoms with Gasteiger partial charge in [0.25, 0.3) is 5.91 Å². The number of esters is 1. The summed E-state index contributed by atoms with van der Waals surface area (Å²) < 4.78 is 59.3. The summed E-state index contributed by atoms with van der Waals surface area (Å²) in [6.07, 6.45) is 2.62. The SMILES string of the molecule is COC(=O)COCCOCCNC(=O)c1cc(Nc2cc(Oc3ccc(NC(=O)Nc4cc(C(C)(C)C)cc(NS(C)(=O)=O)c4OC)c4ccccc34)ccn2)cc(OC)c1. The van der Waals surface area contributed by atoms with Crippen LogP contribution in [0.3, 0.4) is 0 Å². The number of carbonyl (C=O) groups excluding carboxylic acids is 3. The number of carbonyl (C=O) groups is 3. The molecule has 0 unspecified atom stereocenters. The molecule has 5 aromatic rings. The lowest BCUT2D eigenvalue weighted by atomic mass is 9.86. The number of sulfonamides is 1. The molecule has 4 aromatic carbocycles. The van der Waals surface area contributed by atoms with Gasteiger partial charge in [-0.15, -0.1) is 0 Å². The molecule has 1 heterocycles. The number of hydrogen-bond donors (Lipinski definition) is 5. The van der Waals surface area contributed by atoms with Crippen molar-refractivity contribution in [2.45, 2.75) is 26.2 Å². The second kappa shape index (κ2) is 20.6. The van der Waals surface area contributed by atoms with Crippen LogP contribution >= 0.6 is 0 Å². The molecule has 5 N–H and O–H groups in total. The van der Waals surface area contributed by atoms with Crippen LogP contribution in [0.2, 0.25) is 0 Å². The van der Waals surface area contributed by atoms with Crippen LogP contribution in [0.25, 0.3) is 10.8 Å². The van der Waals surface area contributed by atoms with E-state index in [-0.39, 0.29) is 61.4 Å². The van der Waals surface area contributed by atoms with Gasteiger partial charge in [-0.25, -0.2) is 23.0 Å². The third-order valence-corrected chi connectivity index (χ3v) is 9.41. The van der Waals surface area contributed by atoms with Gasteiger partial charge in [0.05, 0.1) is 64.5 Å². The summed E-state index contributed by atoms with van der Waals surface area (Å²) in [6, 6.07) is 22.1. The molecular weight excluding hydrogens is 809 g/mol. The lowest BCUT2D eigenvalue weighted by Gasteiger charge is -2.24. The highest BCUT2D eigenvalue weighted by Crippen LogP contribution is 2.40. The van der Waals surface area contributed by atoms with Crippen LogP contribution < -0.4 is 40.2 Å². The van der Waals surface area contributed by atoms with Crippen molar-refractivity contribution in [3.8, 4) is 23.0 Å². The van der Waals surface area contributed by atoms with Crippen molar-refractivity contribution >= 4 is 67.3 Å². The number of urea groups is 1. The van der Waals surface area contributed by atoms with Gasteiger partial charge in [0, 0.05) is 46.9 Å². The molecule has 3 amide bonds. The number of aromatic nitrogens is 1. The summed E-state index contributed by atoms with van der Waals surface area (Å²) in [6.45, 7) is 6.69. The predicted octanol–water partition coefficient (Wildman–Crippen LogP) is 7.04. The highest BCUT2D eigenvalue weighted by molar-refractivity contribution is 7.92. The molecule has 0 radical (unpaired) electrons. The number of pyridine rings is 1. The monoisotopic (exact) mass is 858 g/mol. The Morgan fingerprint density at radius 1 is 0.754 bits per heavy atom. The van der Waals surface area contributed by atoms with Crippen LogP contribution in [0.1, 0.15) is 36.7 Å². The minimum absolute atomic E-state index is 0.154. The molecule has 5 rings (SSSR count). The van der Waals surface area contributed by atoms with Gasteiger partial charge in [-0.05, 0) is 53.4 Å². The Morgan fingerprint density at radius 3 is 2.18 bits per heavy atom. The number of fused-ring (bicyclic) bond motifs is 1. The van der Waals surface area contributed by atoms with Gasteiger partial charge in [-0.3, -0.25) is 9.52 Å². The van der Waals surface area contributed by atoms with Crippen molar-refractivity contribution in [2.24, 2.45) is 0 Å². The first kappa shape index (κ1) is 45.5. The number of methoxy groups -OCH3 is 3. The zero-order chi connectivity index (χ0) is 44.2. The molecule has 61 heavy (non-hydrogen) atoms. The summed E-state index contributed by atoms with van der Waals surface area (Å²) in [5.74, 6) is 1.18. The lowest BCUT2D eigenvalue weighted by molar-refractivity contribution is -0.146. The maximum atomic E-state index is 13.5. The predicted molar refractivity (Wildman–Crippen MR) is 233 cm³/mol. The Labute approximate surface area is 354 Å². The number of anilines is 5. The van der Waals surface area contributed by atoms with E-state index < -0.39 is 22.0 Å². The maximum absolute atomic E-state index is 13.5. The van der Waals surface area contributed by atoms with Gasteiger partial charge in [0.2, 0.25) is 10.0 Å². The molecule has 18 heteroatoms. The van der Waals surface area contributed by atoms with Crippen molar-refractivity contribution in [3.05, 3.63) is 96.2 Å². The molecule has 0 atom stereocenters. The average Bonchev–Trinajstić information content (AvgIpc) is 3.21. The third kappa shape index (κ3) is 13.2. The van der Waals surface area contributed by atoms with Crippen LogP contribution in [0.4, 0.5) is 33.4 Å². The molecular formula is C43H50N6O11S.